The molecule has 6 nitrogen and oxygen atoms in total. The molecule has 25 heavy (non-hydrogen) atoms. The molecule has 128 valence electrons. The summed E-state index contributed by atoms with van der Waals surface area (Å²) < 4.78 is 5.30. The van der Waals surface area contributed by atoms with E-state index in [0.717, 1.165) is 5.01 Å². The van der Waals surface area contributed by atoms with Crippen LogP contribution in [0.5, 0.6) is 0 Å². The molecule has 3 rings (SSSR count). The van der Waals surface area contributed by atoms with Gasteiger partial charge in [0.1, 0.15) is 0 Å². The van der Waals surface area contributed by atoms with E-state index in [2.05, 4.69) is 10.3 Å². The fourth-order valence-corrected chi connectivity index (χ4v) is 3.01. The number of hydrogen-bond donors (Lipinski definition) is 1. The van der Waals surface area contributed by atoms with Gasteiger partial charge in [0.05, 0.1) is 18.4 Å². The van der Waals surface area contributed by atoms with Crippen LogP contribution in [0.15, 0.2) is 52.5 Å². The summed E-state index contributed by atoms with van der Waals surface area (Å²) in [5.41, 5.74) is 1.90. The Morgan fingerprint density at radius 1 is 1.20 bits per heavy atom. The fraction of sp³-hybridized carbons (Fsp3) is 0.167. The Morgan fingerprint density at radius 3 is 2.60 bits per heavy atom. The number of amides is 2. The van der Waals surface area contributed by atoms with Crippen LogP contribution in [0.3, 0.4) is 0 Å². The minimum Gasteiger partial charge on any atom is -0.462 e. The van der Waals surface area contributed by atoms with Gasteiger partial charge < -0.3 is 14.6 Å². The van der Waals surface area contributed by atoms with Crippen molar-refractivity contribution in [3.05, 3.63) is 59.3 Å². The Balaban J connectivity index is 1.60. The highest BCUT2D eigenvalue weighted by Gasteiger charge is 2.12. The Bertz CT molecular complexity index is 867. The SMILES string of the molecule is CN(C)C(=O)c1ccc(NC(=O)Cc2csc(-c3ccco3)n2)cc1. The molecule has 0 radical (unpaired) electrons. The number of hydrogen-bond acceptors (Lipinski definition) is 5. The third-order valence-electron chi connectivity index (χ3n) is 3.45. The van der Waals surface area contributed by atoms with E-state index in [1.807, 2.05) is 11.4 Å². The molecule has 1 aromatic carbocycles. The van der Waals surface area contributed by atoms with Crippen molar-refractivity contribution in [3.63, 3.8) is 0 Å². The molecular formula is C18H17N3O3S. The van der Waals surface area contributed by atoms with E-state index in [4.69, 9.17) is 4.42 Å². The highest BCUT2D eigenvalue weighted by atomic mass is 32.1. The number of benzene rings is 1. The maximum Gasteiger partial charge on any atom is 0.253 e. The fourth-order valence-electron chi connectivity index (χ4n) is 2.23. The van der Waals surface area contributed by atoms with Gasteiger partial charge in [-0.05, 0) is 36.4 Å². The molecule has 2 aromatic heterocycles. The molecular weight excluding hydrogens is 338 g/mol. The minimum atomic E-state index is -0.164. The Morgan fingerprint density at radius 2 is 1.96 bits per heavy atom. The number of carbonyl (C=O) groups excluding carboxylic acids is 2. The monoisotopic (exact) mass is 355 g/mol. The first-order chi connectivity index (χ1) is 12.0. The van der Waals surface area contributed by atoms with Crippen molar-refractivity contribution in [2.24, 2.45) is 0 Å². The lowest BCUT2D eigenvalue weighted by Crippen LogP contribution is -2.21. The smallest absolute Gasteiger partial charge is 0.253 e. The van der Waals surface area contributed by atoms with Crippen LogP contribution in [0.2, 0.25) is 0 Å². The second kappa shape index (κ2) is 7.31. The van der Waals surface area contributed by atoms with Crippen molar-refractivity contribution in [2.45, 2.75) is 6.42 Å². The van der Waals surface area contributed by atoms with Crippen LogP contribution in [0.1, 0.15) is 16.1 Å². The summed E-state index contributed by atoms with van der Waals surface area (Å²) >= 11 is 1.44. The summed E-state index contributed by atoms with van der Waals surface area (Å²) in [5, 5.41) is 5.40. The van der Waals surface area contributed by atoms with E-state index in [1.165, 1.54) is 16.2 Å². The molecule has 0 saturated heterocycles. The molecule has 3 aromatic rings. The number of thiazole rings is 1. The summed E-state index contributed by atoms with van der Waals surface area (Å²) in [6, 6.07) is 10.4. The second-order valence-electron chi connectivity index (χ2n) is 5.62. The van der Waals surface area contributed by atoms with Crippen molar-refractivity contribution in [3.8, 4) is 10.8 Å². The van der Waals surface area contributed by atoms with E-state index in [1.54, 1.807) is 50.7 Å². The van der Waals surface area contributed by atoms with Crippen LogP contribution < -0.4 is 5.32 Å². The Labute approximate surface area is 149 Å². The third kappa shape index (κ3) is 4.13. The van der Waals surface area contributed by atoms with E-state index in [0.29, 0.717) is 22.7 Å². The highest BCUT2D eigenvalue weighted by molar-refractivity contribution is 7.13. The maximum atomic E-state index is 12.2. The number of furan rings is 1. The second-order valence-corrected chi connectivity index (χ2v) is 6.48. The zero-order valence-corrected chi connectivity index (χ0v) is 14.7. The first-order valence-corrected chi connectivity index (χ1v) is 8.51. The molecule has 0 bridgehead atoms. The molecule has 0 fully saturated rings. The van der Waals surface area contributed by atoms with Gasteiger partial charge >= 0.3 is 0 Å². The lowest BCUT2D eigenvalue weighted by molar-refractivity contribution is -0.115. The molecule has 0 aliphatic rings. The maximum absolute atomic E-state index is 12.2. The zero-order valence-electron chi connectivity index (χ0n) is 13.9. The number of nitrogens with one attached hydrogen (secondary N) is 1. The van der Waals surface area contributed by atoms with E-state index < -0.39 is 0 Å². The van der Waals surface area contributed by atoms with Crippen LogP contribution in [0.25, 0.3) is 10.8 Å². The van der Waals surface area contributed by atoms with Gasteiger partial charge in [-0.3, -0.25) is 9.59 Å². The zero-order chi connectivity index (χ0) is 17.8. The summed E-state index contributed by atoms with van der Waals surface area (Å²) in [6.07, 6.45) is 1.77. The number of carbonyl (C=O) groups is 2. The lowest BCUT2D eigenvalue weighted by Gasteiger charge is -2.10. The average molecular weight is 355 g/mol. The lowest BCUT2D eigenvalue weighted by atomic mass is 10.2. The van der Waals surface area contributed by atoms with Gasteiger partial charge in [0, 0.05) is 30.7 Å². The summed E-state index contributed by atoms with van der Waals surface area (Å²) in [4.78, 5) is 29.9. The molecule has 1 N–H and O–H groups in total. The molecule has 0 unspecified atom stereocenters. The molecule has 0 spiro atoms. The minimum absolute atomic E-state index is 0.0780. The third-order valence-corrected chi connectivity index (χ3v) is 4.35. The van der Waals surface area contributed by atoms with Gasteiger partial charge in [0.25, 0.3) is 5.91 Å². The molecule has 7 heteroatoms. The molecule has 0 atom stereocenters. The molecule has 2 heterocycles. The molecule has 0 aliphatic heterocycles. The van der Waals surface area contributed by atoms with E-state index in [-0.39, 0.29) is 18.2 Å². The van der Waals surface area contributed by atoms with Gasteiger partial charge in [-0.15, -0.1) is 11.3 Å². The standard InChI is InChI=1S/C18H17N3O3S/c1-21(2)18(23)12-5-7-13(8-6-12)19-16(22)10-14-11-25-17(20-14)15-4-3-9-24-15/h3-9,11H,10H2,1-2H3,(H,19,22). The summed E-state index contributed by atoms with van der Waals surface area (Å²) in [7, 11) is 3.39. The number of rotatable bonds is 5. The van der Waals surface area contributed by atoms with Crippen molar-refractivity contribution >= 4 is 28.8 Å². The normalized spacial score (nSPS) is 10.5. The predicted octanol–water partition coefficient (Wildman–Crippen LogP) is 3.29. The Hall–Kier alpha value is -2.93. The van der Waals surface area contributed by atoms with Crippen LogP contribution in [-0.4, -0.2) is 35.8 Å². The number of aromatic nitrogens is 1. The first-order valence-electron chi connectivity index (χ1n) is 7.63. The van der Waals surface area contributed by atoms with Crippen molar-refractivity contribution in [1.82, 2.24) is 9.88 Å². The Kier molecular flexibility index (Phi) is 4.95. The van der Waals surface area contributed by atoms with Gasteiger partial charge in [-0.2, -0.15) is 0 Å². The van der Waals surface area contributed by atoms with Crippen LogP contribution in [0, 0.1) is 0 Å². The summed E-state index contributed by atoms with van der Waals surface area (Å²) in [6.45, 7) is 0. The van der Waals surface area contributed by atoms with Crippen LogP contribution in [0.4, 0.5) is 5.69 Å². The van der Waals surface area contributed by atoms with Gasteiger partial charge in [-0.25, -0.2) is 4.98 Å². The van der Waals surface area contributed by atoms with Crippen LogP contribution in [-0.2, 0) is 11.2 Å². The van der Waals surface area contributed by atoms with E-state index >= 15 is 0 Å². The van der Waals surface area contributed by atoms with Crippen LogP contribution >= 0.6 is 11.3 Å². The average Bonchev–Trinajstić information content (AvgIpc) is 3.26. The predicted molar refractivity (Wildman–Crippen MR) is 96.6 cm³/mol. The molecule has 2 amide bonds. The number of nitrogens with zero attached hydrogens (tertiary/aromatic N) is 2. The first kappa shape index (κ1) is 16.9. The van der Waals surface area contributed by atoms with E-state index in [9.17, 15) is 9.59 Å². The highest BCUT2D eigenvalue weighted by Crippen LogP contribution is 2.24. The van der Waals surface area contributed by atoms with Gasteiger partial charge in [-0.1, -0.05) is 0 Å². The quantitative estimate of drug-likeness (QED) is 0.762. The number of anilines is 1. The van der Waals surface area contributed by atoms with Crippen molar-refractivity contribution in [1.29, 1.82) is 0 Å². The molecule has 0 saturated carbocycles. The largest absolute Gasteiger partial charge is 0.462 e. The van der Waals surface area contributed by atoms with Gasteiger partial charge in [0.2, 0.25) is 5.91 Å². The van der Waals surface area contributed by atoms with Crippen molar-refractivity contribution < 1.29 is 14.0 Å². The molecule has 0 aliphatic carbocycles. The summed E-state index contributed by atoms with van der Waals surface area (Å²) in [5.74, 6) is 0.451. The van der Waals surface area contributed by atoms with Gasteiger partial charge in [0.15, 0.2) is 10.8 Å². The topological polar surface area (TPSA) is 75.4 Å². The van der Waals surface area contributed by atoms with Crippen molar-refractivity contribution in [2.75, 3.05) is 19.4 Å².